The van der Waals surface area contributed by atoms with Crippen molar-refractivity contribution in [3.8, 4) is 0 Å². The largest absolute Gasteiger partial charge is 0.480 e. The summed E-state index contributed by atoms with van der Waals surface area (Å²) in [6.07, 6.45) is 1.39. The van der Waals surface area contributed by atoms with E-state index in [2.05, 4.69) is 0 Å². The summed E-state index contributed by atoms with van der Waals surface area (Å²) in [5.74, 6) is -1.29. The van der Waals surface area contributed by atoms with Crippen LogP contribution in [0.3, 0.4) is 0 Å². The summed E-state index contributed by atoms with van der Waals surface area (Å²) in [6.45, 7) is 3.44. The zero-order valence-corrected chi connectivity index (χ0v) is 12.5. The van der Waals surface area contributed by atoms with Crippen LogP contribution in [0.5, 0.6) is 0 Å². The van der Waals surface area contributed by atoms with E-state index in [1.165, 1.54) is 16.0 Å². The third-order valence-corrected chi connectivity index (χ3v) is 4.06. The average molecular weight is 290 g/mol. The van der Waals surface area contributed by atoms with Crippen LogP contribution in [0.1, 0.15) is 25.0 Å². The minimum atomic E-state index is -1.00. The summed E-state index contributed by atoms with van der Waals surface area (Å²) >= 11 is 0. The Hall–Kier alpha value is -1.88. The van der Waals surface area contributed by atoms with Gasteiger partial charge in [0.1, 0.15) is 6.54 Å². The van der Waals surface area contributed by atoms with Crippen molar-refractivity contribution in [1.82, 2.24) is 4.90 Å². The zero-order chi connectivity index (χ0) is 15.6. The summed E-state index contributed by atoms with van der Waals surface area (Å²) in [5.41, 5.74) is 8.29. The van der Waals surface area contributed by atoms with Gasteiger partial charge in [0.2, 0.25) is 5.91 Å². The maximum atomic E-state index is 12.5. The molecule has 0 bridgehead atoms. The van der Waals surface area contributed by atoms with Gasteiger partial charge in [0.25, 0.3) is 0 Å². The third-order valence-electron chi connectivity index (χ3n) is 4.06. The number of carboxylic acid groups (broad SMARTS) is 1. The second kappa shape index (κ2) is 6.26. The van der Waals surface area contributed by atoms with Crippen LogP contribution in [0.25, 0.3) is 0 Å². The summed E-state index contributed by atoms with van der Waals surface area (Å²) in [6, 6.07) is 7.21. The van der Waals surface area contributed by atoms with Crippen molar-refractivity contribution in [3.63, 3.8) is 0 Å². The lowest BCUT2D eigenvalue weighted by molar-refractivity contribution is -0.147. The molecule has 0 spiro atoms. The molecule has 3 N–H and O–H groups in total. The smallest absolute Gasteiger partial charge is 0.323 e. The second-order valence-corrected chi connectivity index (χ2v) is 5.96. The Bertz CT molecular complexity index is 517. The van der Waals surface area contributed by atoms with E-state index in [1.807, 2.05) is 38.1 Å². The quantitative estimate of drug-likeness (QED) is 0.849. The number of hydrogen-bond acceptors (Lipinski definition) is 3. The molecule has 1 unspecified atom stereocenters. The molecule has 5 nitrogen and oxygen atoms in total. The normalized spacial score (nSPS) is 15.8. The third kappa shape index (κ3) is 3.42. The number of benzene rings is 1. The molecule has 1 aromatic carbocycles. The Kier molecular flexibility index (Phi) is 4.63. The van der Waals surface area contributed by atoms with Gasteiger partial charge in [-0.1, -0.05) is 38.1 Å². The predicted octanol–water partition coefficient (Wildman–Crippen LogP) is 1.05. The molecule has 0 saturated heterocycles. The number of amides is 1. The molecule has 0 fully saturated rings. The maximum Gasteiger partial charge on any atom is 0.323 e. The molecule has 0 aliphatic heterocycles. The molecule has 0 aromatic heterocycles. The molecule has 1 atom stereocenters. The zero-order valence-electron chi connectivity index (χ0n) is 12.5. The molecule has 1 amide bonds. The Labute approximate surface area is 124 Å². The van der Waals surface area contributed by atoms with Crippen LogP contribution in [-0.4, -0.2) is 40.5 Å². The Balaban J connectivity index is 2.18. The highest BCUT2D eigenvalue weighted by Crippen LogP contribution is 2.26. The van der Waals surface area contributed by atoms with Gasteiger partial charge in [0.05, 0.1) is 6.04 Å². The molecule has 1 aliphatic rings. The second-order valence-electron chi connectivity index (χ2n) is 5.96. The van der Waals surface area contributed by atoms with Gasteiger partial charge < -0.3 is 15.7 Å². The summed E-state index contributed by atoms with van der Waals surface area (Å²) in [7, 11) is 0. The van der Waals surface area contributed by atoms with Crippen LogP contribution in [0.2, 0.25) is 0 Å². The molecule has 1 aromatic rings. The van der Waals surface area contributed by atoms with E-state index in [-0.39, 0.29) is 24.4 Å². The molecule has 2 rings (SSSR count). The van der Waals surface area contributed by atoms with Gasteiger partial charge in [-0.3, -0.25) is 9.59 Å². The van der Waals surface area contributed by atoms with Crippen molar-refractivity contribution in [2.45, 2.75) is 38.8 Å². The first-order valence-corrected chi connectivity index (χ1v) is 7.24. The highest BCUT2D eigenvalue weighted by atomic mass is 16.4. The van der Waals surface area contributed by atoms with Crippen molar-refractivity contribution >= 4 is 11.9 Å². The molecule has 0 saturated carbocycles. The first-order valence-electron chi connectivity index (χ1n) is 7.24. The van der Waals surface area contributed by atoms with Crippen LogP contribution >= 0.6 is 0 Å². The highest BCUT2D eigenvalue weighted by molar-refractivity contribution is 5.85. The maximum absolute atomic E-state index is 12.5. The van der Waals surface area contributed by atoms with Crippen LogP contribution in [0, 0.1) is 5.92 Å². The van der Waals surface area contributed by atoms with Gasteiger partial charge in [0, 0.05) is 6.04 Å². The molecule has 0 radical (unpaired) electrons. The van der Waals surface area contributed by atoms with E-state index in [0.717, 1.165) is 0 Å². The lowest BCUT2D eigenvalue weighted by atomic mass is 10.0. The van der Waals surface area contributed by atoms with Crippen molar-refractivity contribution < 1.29 is 14.7 Å². The van der Waals surface area contributed by atoms with Gasteiger partial charge in [0.15, 0.2) is 0 Å². The SMILES string of the molecule is CC(C)C(N)C(=O)N(CC(=O)O)C1Cc2ccccc2C1. The van der Waals surface area contributed by atoms with E-state index in [0.29, 0.717) is 12.8 Å². The topological polar surface area (TPSA) is 83.6 Å². The van der Waals surface area contributed by atoms with Crippen molar-refractivity contribution in [1.29, 1.82) is 0 Å². The summed E-state index contributed by atoms with van der Waals surface area (Å²) in [5, 5.41) is 9.10. The number of carboxylic acids is 1. The standard InChI is InChI=1S/C16H22N2O3/c1-10(2)15(17)16(21)18(9-14(19)20)13-7-11-5-3-4-6-12(11)8-13/h3-6,10,13,15H,7-9,17H2,1-2H3,(H,19,20). The minimum absolute atomic E-state index is 0.0161. The summed E-state index contributed by atoms with van der Waals surface area (Å²) < 4.78 is 0. The number of carbonyl (C=O) groups is 2. The Morgan fingerprint density at radius 2 is 1.81 bits per heavy atom. The fourth-order valence-electron chi connectivity index (χ4n) is 2.77. The molecule has 5 heteroatoms. The monoisotopic (exact) mass is 290 g/mol. The lowest BCUT2D eigenvalue weighted by Crippen LogP contribution is -2.52. The summed E-state index contributed by atoms with van der Waals surface area (Å²) in [4.78, 5) is 25.0. The van der Waals surface area contributed by atoms with Gasteiger partial charge in [-0.05, 0) is 29.9 Å². The number of fused-ring (bicyclic) bond motifs is 1. The van der Waals surface area contributed by atoms with Crippen LogP contribution in [-0.2, 0) is 22.4 Å². The van der Waals surface area contributed by atoms with Crippen LogP contribution < -0.4 is 5.73 Å². The first kappa shape index (κ1) is 15.5. The van der Waals surface area contributed by atoms with E-state index in [9.17, 15) is 9.59 Å². The van der Waals surface area contributed by atoms with Crippen molar-refractivity contribution in [3.05, 3.63) is 35.4 Å². The fraction of sp³-hybridized carbons (Fsp3) is 0.500. The lowest BCUT2D eigenvalue weighted by Gasteiger charge is -2.31. The van der Waals surface area contributed by atoms with Crippen LogP contribution in [0.4, 0.5) is 0 Å². The number of carbonyl (C=O) groups excluding carboxylic acids is 1. The van der Waals surface area contributed by atoms with Crippen LogP contribution in [0.15, 0.2) is 24.3 Å². The van der Waals surface area contributed by atoms with Gasteiger partial charge >= 0.3 is 5.97 Å². The Morgan fingerprint density at radius 3 is 2.24 bits per heavy atom. The molecular formula is C16H22N2O3. The minimum Gasteiger partial charge on any atom is -0.480 e. The predicted molar refractivity (Wildman–Crippen MR) is 79.8 cm³/mol. The van der Waals surface area contributed by atoms with Crippen molar-refractivity contribution in [2.24, 2.45) is 11.7 Å². The number of aliphatic carboxylic acids is 1. The van der Waals surface area contributed by atoms with Gasteiger partial charge in [-0.15, -0.1) is 0 Å². The number of nitrogens with two attached hydrogens (primary N) is 1. The van der Waals surface area contributed by atoms with Gasteiger partial charge in [-0.25, -0.2) is 0 Å². The molecule has 21 heavy (non-hydrogen) atoms. The van der Waals surface area contributed by atoms with E-state index in [4.69, 9.17) is 10.8 Å². The number of nitrogens with zero attached hydrogens (tertiary/aromatic N) is 1. The molecular weight excluding hydrogens is 268 g/mol. The highest BCUT2D eigenvalue weighted by Gasteiger charge is 2.34. The molecule has 1 aliphatic carbocycles. The van der Waals surface area contributed by atoms with Crippen molar-refractivity contribution in [2.75, 3.05) is 6.54 Å². The fourth-order valence-corrected chi connectivity index (χ4v) is 2.77. The Morgan fingerprint density at radius 1 is 1.29 bits per heavy atom. The van der Waals surface area contributed by atoms with E-state index < -0.39 is 12.0 Å². The first-order chi connectivity index (χ1) is 9.90. The number of hydrogen-bond donors (Lipinski definition) is 2. The number of rotatable bonds is 5. The van der Waals surface area contributed by atoms with E-state index >= 15 is 0 Å². The van der Waals surface area contributed by atoms with Gasteiger partial charge in [-0.2, -0.15) is 0 Å². The molecule has 0 heterocycles. The van der Waals surface area contributed by atoms with E-state index in [1.54, 1.807) is 0 Å². The average Bonchev–Trinajstić information content (AvgIpc) is 2.86. The molecule has 114 valence electrons.